The third-order valence-corrected chi connectivity index (χ3v) is 6.10. The number of halogens is 1. The minimum absolute atomic E-state index is 0.188. The lowest BCUT2D eigenvalue weighted by molar-refractivity contribution is -0.136. The molecule has 0 spiro atoms. The van der Waals surface area contributed by atoms with Gasteiger partial charge in [0.25, 0.3) is 0 Å². The van der Waals surface area contributed by atoms with Crippen LogP contribution in [0.25, 0.3) is 0 Å². The zero-order valence-electron chi connectivity index (χ0n) is 12.0. The molecule has 0 amide bonds. The molecule has 0 aromatic carbocycles. The smallest absolute Gasteiger partial charge is 0.225 e. The SMILES string of the molecule is Cc1nnc(Cl)n1C12CC3CC(C)(CC(C)(C3)C1)C2. The van der Waals surface area contributed by atoms with Crippen LogP contribution in [-0.2, 0) is 5.54 Å². The van der Waals surface area contributed by atoms with Gasteiger partial charge in [-0.05, 0) is 73.8 Å². The topological polar surface area (TPSA) is 30.7 Å². The summed E-state index contributed by atoms with van der Waals surface area (Å²) in [4.78, 5) is 0. The first-order valence-corrected chi connectivity index (χ1v) is 7.79. The highest BCUT2D eigenvalue weighted by molar-refractivity contribution is 6.28. The maximum absolute atomic E-state index is 6.36. The number of hydrogen-bond acceptors (Lipinski definition) is 2. The first-order chi connectivity index (χ1) is 8.83. The molecule has 4 heteroatoms. The van der Waals surface area contributed by atoms with Gasteiger partial charge in [0.2, 0.25) is 5.28 Å². The number of nitrogens with zero attached hydrogens (tertiary/aromatic N) is 3. The van der Waals surface area contributed by atoms with Crippen molar-refractivity contribution in [1.82, 2.24) is 14.8 Å². The van der Waals surface area contributed by atoms with Crippen molar-refractivity contribution in [2.45, 2.75) is 64.8 Å². The molecule has 19 heavy (non-hydrogen) atoms. The third-order valence-electron chi connectivity index (χ3n) is 5.86. The van der Waals surface area contributed by atoms with Crippen molar-refractivity contribution in [2.24, 2.45) is 16.7 Å². The van der Waals surface area contributed by atoms with E-state index in [4.69, 9.17) is 11.6 Å². The van der Waals surface area contributed by atoms with Crippen molar-refractivity contribution in [3.63, 3.8) is 0 Å². The molecule has 0 aliphatic heterocycles. The quantitative estimate of drug-likeness (QED) is 0.779. The van der Waals surface area contributed by atoms with Gasteiger partial charge in [0, 0.05) is 5.54 Å². The highest BCUT2D eigenvalue weighted by Crippen LogP contribution is 2.68. The van der Waals surface area contributed by atoms with Crippen LogP contribution in [-0.4, -0.2) is 14.8 Å². The Kier molecular flexibility index (Phi) is 2.16. The van der Waals surface area contributed by atoms with Crippen LogP contribution in [0.1, 0.15) is 58.2 Å². The molecule has 1 aromatic rings. The van der Waals surface area contributed by atoms with E-state index in [1.165, 1.54) is 38.5 Å². The van der Waals surface area contributed by atoms with E-state index in [1.54, 1.807) is 0 Å². The van der Waals surface area contributed by atoms with Crippen molar-refractivity contribution >= 4 is 11.6 Å². The van der Waals surface area contributed by atoms with E-state index in [0.717, 1.165) is 11.7 Å². The van der Waals surface area contributed by atoms with Crippen molar-refractivity contribution in [1.29, 1.82) is 0 Å². The predicted octanol–water partition coefficient (Wildman–Crippen LogP) is 3.95. The minimum Gasteiger partial charge on any atom is -0.296 e. The predicted molar refractivity (Wildman–Crippen MR) is 75.1 cm³/mol. The zero-order valence-corrected chi connectivity index (χ0v) is 12.8. The Bertz CT molecular complexity index is 512. The highest BCUT2D eigenvalue weighted by Gasteiger charge is 2.61. The fourth-order valence-electron chi connectivity index (χ4n) is 6.51. The van der Waals surface area contributed by atoms with Gasteiger partial charge in [0.15, 0.2) is 0 Å². The van der Waals surface area contributed by atoms with Gasteiger partial charge in [-0.15, -0.1) is 10.2 Å². The average Bonchev–Trinajstić information content (AvgIpc) is 2.53. The van der Waals surface area contributed by atoms with Crippen LogP contribution in [0.15, 0.2) is 0 Å². The summed E-state index contributed by atoms with van der Waals surface area (Å²) in [5.74, 6) is 1.85. The molecule has 3 nitrogen and oxygen atoms in total. The Morgan fingerprint density at radius 3 is 2.16 bits per heavy atom. The van der Waals surface area contributed by atoms with Gasteiger partial charge in [0.05, 0.1) is 0 Å². The summed E-state index contributed by atoms with van der Waals surface area (Å²) in [5.41, 5.74) is 1.18. The maximum Gasteiger partial charge on any atom is 0.225 e. The van der Waals surface area contributed by atoms with Gasteiger partial charge in [-0.3, -0.25) is 4.57 Å². The van der Waals surface area contributed by atoms with E-state index < -0.39 is 0 Å². The molecule has 0 radical (unpaired) electrons. The summed E-state index contributed by atoms with van der Waals surface area (Å²) in [6.07, 6.45) is 7.98. The van der Waals surface area contributed by atoms with Crippen LogP contribution in [0.2, 0.25) is 5.28 Å². The van der Waals surface area contributed by atoms with E-state index in [0.29, 0.717) is 16.1 Å². The molecule has 1 aromatic heterocycles. The number of hydrogen-bond donors (Lipinski definition) is 0. The molecule has 2 atom stereocenters. The zero-order chi connectivity index (χ0) is 13.5. The number of aryl methyl sites for hydroxylation is 1. The minimum atomic E-state index is 0.188. The van der Waals surface area contributed by atoms with Crippen LogP contribution >= 0.6 is 11.6 Å². The molecule has 104 valence electrons. The van der Waals surface area contributed by atoms with Crippen LogP contribution in [0.5, 0.6) is 0 Å². The fourth-order valence-corrected chi connectivity index (χ4v) is 6.85. The summed E-state index contributed by atoms with van der Waals surface area (Å²) in [6.45, 7) is 7.01. The molecule has 0 N–H and O–H groups in total. The standard InChI is InChI=1S/C15H22ClN3/c1-10-17-18-12(16)19(10)15-6-11-4-13(2,8-15)7-14(3,5-11)9-15/h11H,4-9H2,1-3H3. The van der Waals surface area contributed by atoms with Gasteiger partial charge in [-0.2, -0.15) is 0 Å². The summed E-state index contributed by atoms with van der Waals surface area (Å²) in [5, 5.41) is 8.89. The summed E-state index contributed by atoms with van der Waals surface area (Å²) in [7, 11) is 0. The van der Waals surface area contributed by atoms with Crippen LogP contribution < -0.4 is 0 Å². The molecule has 4 bridgehead atoms. The third kappa shape index (κ3) is 1.57. The Morgan fingerprint density at radius 1 is 1.05 bits per heavy atom. The largest absolute Gasteiger partial charge is 0.296 e. The molecule has 2 unspecified atom stereocenters. The highest BCUT2D eigenvalue weighted by atomic mass is 35.5. The summed E-state index contributed by atoms with van der Waals surface area (Å²) in [6, 6.07) is 0. The van der Waals surface area contributed by atoms with Gasteiger partial charge < -0.3 is 0 Å². The molecule has 4 saturated carbocycles. The average molecular weight is 280 g/mol. The number of rotatable bonds is 1. The van der Waals surface area contributed by atoms with Crippen LogP contribution in [0.3, 0.4) is 0 Å². The molecular formula is C15H22ClN3. The monoisotopic (exact) mass is 279 g/mol. The van der Waals surface area contributed by atoms with Crippen molar-refractivity contribution in [2.75, 3.05) is 0 Å². The molecule has 5 rings (SSSR count). The Balaban J connectivity index is 1.88. The Labute approximate surface area is 119 Å². The second-order valence-electron chi connectivity index (χ2n) is 8.21. The Hall–Kier alpha value is -0.570. The molecule has 1 heterocycles. The summed E-state index contributed by atoms with van der Waals surface area (Å²) >= 11 is 6.36. The van der Waals surface area contributed by atoms with Crippen molar-refractivity contribution in [3.8, 4) is 0 Å². The summed E-state index contributed by atoms with van der Waals surface area (Å²) < 4.78 is 2.26. The molecule has 4 fully saturated rings. The molecule has 4 aliphatic rings. The van der Waals surface area contributed by atoms with Crippen LogP contribution in [0, 0.1) is 23.7 Å². The normalized spacial score (nSPS) is 47.9. The first kappa shape index (κ1) is 12.2. The van der Waals surface area contributed by atoms with E-state index in [9.17, 15) is 0 Å². The van der Waals surface area contributed by atoms with Crippen molar-refractivity contribution in [3.05, 3.63) is 11.1 Å². The lowest BCUT2D eigenvalue weighted by atomic mass is 9.42. The lowest BCUT2D eigenvalue weighted by Crippen LogP contribution is -2.59. The number of aromatic nitrogens is 3. The van der Waals surface area contributed by atoms with Crippen LogP contribution in [0.4, 0.5) is 0 Å². The lowest BCUT2D eigenvalue weighted by Gasteiger charge is -2.65. The molecular weight excluding hydrogens is 258 g/mol. The van der Waals surface area contributed by atoms with Gasteiger partial charge >= 0.3 is 0 Å². The van der Waals surface area contributed by atoms with E-state index in [2.05, 4.69) is 28.6 Å². The fraction of sp³-hybridized carbons (Fsp3) is 0.867. The van der Waals surface area contributed by atoms with Gasteiger partial charge in [0.1, 0.15) is 5.82 Å². The second-order valence-corrected chi connectivity index (χ2v) is 8.54. The van der Waals surface area contributed by atoms with Crippen molar-refractivity contribution < 1.29 is 0 Å². The van der Waals surface area contributed by atoms with Gasteiger partial charge in [-0.1, -0.05) is 13.8 Å². The first-order valence-electron chi connectivity index (χ1n) is 7.41. The molecule has 4 aliphatic carbocycles. The second kappa shape index (κ2) is 3.36. The van der Waals surface area contributed by atoms with Gasteiger partial charge in [-0.25, -0.2) is 0 Å². The van der Waals surface area contributed by atoms with E-state index in [1.807, 2.05) is 6.92 Å². The Morgan fingerprint density at radius 2 is 1.68 bits per heavy atom. The maximum atomic E-state index is 6.36. The molecule has 0 saturated heterocycles. The van der Waals surface area contributed by atoms with E-state index in [-0.39, 0.29) is 5.54 Å². The van der Waals surface area contributed by atoms with E-state index >= 15 is 0 Å².